The number of methoxy groups -OCH3 is 1. The number of nitrogens with zero attached hydrogens (tertiary/aromatic N) is 2. The van der Waals surface area contributed by atoms with Gasteiger partial charge in [-0.25, -0.2) is 8.42 Å². The molecule has 0 saturated heterocycles. The Morgan fingerprint density at radius 3 is 2.36 bits per heavy atom. The van der Waals surface area contributed by atoms with E-state index >= 15 is 0 Å². The first-order valence-electron chi connectivity index (χ1n) is 10.8. The van der Waals surface area contributed by atoms with Gasteiger partial charge in [0, 0.05) is 13.1 Å². The first kappa shape index (κ1) is 26.2. The van der Waals surface area contributed by atoms with Crippen molar-refractivity contribution in [1.29, 1.82) is 0 Å². The van der Waals surface area contributed by atoms with Gasteiger partial charge in [-0.15, -0.1) is 0 Å². The fraction of sp³-hybridized carbons (Fsp3) is 0.417. The van der Waals surface area contributed by atoms with Gasteiger partial charge < -0.3 is 15.0 Å². The lowest BCUT2D eigenvalue weighted by atomic mass is 10.1. The summed E-state index contributed by atoms with van der Waals surface area (Å²) in [5, 5.41) is 2.74. The molecule has 0 heterocycles. The molecule has 9 heteroatoms. The lowest BCUT2D eigenvalue weighted by Gasteiger charge is -2.31. The van der Waals surface area contributed by atoms with Gasteiger partial charge in [0.15, 0.2) is 0 Å². The van der Waals surface area contributed by atoms with Crippen LogP contribution >= 0.6 is 0 Å². The lowest BCUT2D eigenvalue weighted by Crippen LogP contribution is -2.52. The highest BCUT2D eigenvalue weighted by atomic mass is 32.2. The van der Waals surface area contributed by atoms with Gasteiger partial charge in [0.05, 0.1) is 19.1 Å². The SMILES string of the molecule is CCNC(=O)C(C)N(CCc1ccccc1)C(=O)CN(c1cc(C)ccc1OC)S(C)(=O)=O. The summed E-state index contributed by atoms with van der Waals surface area (Å²) in [6.07, 6.45) is 1.58. The topological polar surface area (TPSA) is 96.0 Å². The van der Waals surface area contributed by atoms with Gasteiger partial charge in [0.25, 0.3) is 0 Å². The fourth-order valence-corrected chi connectivity index (χ4v) is 4.33. The summed E-state index contributed by atoms with van der Waals surface area (Å²) in [5.41, 5.74) is 2.12. The standard InChI is InChI=1S/C24H33N3O5S/c1-6-25-24(29)19(3)26(15-14-20-10-8-7-9-11-20)23(28)17-27(33(5,30)31)21-16-18(2)12-13-22(21)32-4/h7-13,16,19H,6,14-15,17H2,1-5H3,(H,25,29). The van der Waals surface area contributed by atoms with Gasteiger partial charge in [-0.3, -0.25) is 13.9 Å². The van der Waals surface area contributed by atoms with Crippen molar-refractivity contribution in [3.05, 3.63) is 59.7 Å². The Kier molecular flexibility index (Phi) is 9.28. The molecule has 2 aromatic rings. The predicted octanol–water partition coefficient (Wildman–Crippen LogP) is 2.37. The van der Waals surface area contributed by atoms with Crippen molar-refractivity contribution in [2.45, 2.75) is 33.2 Å². The van der Waals surface area contributed by atoms with Crippen LogP contribution in [-0.4, -0.2) is 64.2 Å². The maximum Gasteiger partial charge on any atom is 0.244 e. The number of rotatable bonds is 11. The van der Waals surface area contributed by atoms with E-state index in [0.717, 1.165) is 21.7 Å². The summed E-state index contributed by atoms with van der Waals surface area (Å²) < 4.78 is 31.7. The minimum Gasteiger partial charge on any atom is -0.495 e. The molecular formula is C24H33N3O5S. The maximum absolute atomic E-state index is 13.4. The zero-order valence-corrected chi connectivity index (χ0v) is 20.7. The molecule has 1 N–H and O–H groups in total. The van der Waals surface area contributed by atoms with E-state index in [0.29, 0.717) is 18.7 Å². The molecule has 8 nitrogen and oxygen atoms in total. The van der Waals surface area contributed by atoms with Gasteiger partial charge in [-0.2, -0.15) is 0 Å². The van der Waals surface area contributed by atoms with Crippen LogP contribution in [0.1, 0.15) is 25.0 Å². The third-order valence-corrected chi connectivity index (χ3v) is 6.41. The summed E-state index contributed by atoms with van der Waals surface area (Å²) in [5.74, 6) is -0.428. The quantitative estimate of drug-likeness (QED) is 0.538. The first-order chi connectivity index (χ1) is 15.6. The van der Waals surface area contributed by atoms with Crippen molar-refractivity contribution >= 4 is 27.5 Å². The van der Waals surface area contributed by atoms with Crippen LogP contribution in [0, 0.1) is 6.92 Å². The van der Waals surface area contributed by atoms with E-state index in [1.165, 1.54) is 12.0 Å². The molecule has 180 valence electrons. The van der Waals surface area contributed by atoms with E-state index < -0.39 is 28.5 Å². The molecule has 2 amide bonds. The number of anilines is 1. The minimum atomic E-state index is -3.81. The van der Waals surface area contributed by atoms with Crippen molar-refractivity contribution in [2.24, 2.45) is 0 Å². The fourth-order valence-electron chi connectivity index (χ4n) is 3.48. The third kappa shape index (κ3) is 7.21. The van der Waals surface area contributed by atoms with Crippen molar-refractivity contribution in [2.75, 3.05) is 37.3 Å². The zero-order valence-electron chi connectivity index (χ0n) is 19.9. The Labute approximate surface area is 196 Å². The van der Waals surface area contributed by atoms with Crippen molar-refractivity contribution in [3.63, 3.8) is 0 Å². The molecule has 0 spiro atoms. The van der Waals surface area contributed by atoms with Crippen LogP contribution in [0.5, 0.6) is 5.75 Å². The van der Waals surface area contributed by atoms with E-state index in [1.807, 2.05) is 37.3 Å². The molecule has 2 aromatic carbocycles. The molecule has 0 radical (unpaired) electrons. The number of benzene rings is 2. The summed E-state index contributed by atoms with van der Waals surface area (Å²) in [6.45, 7) is 5.53. The van der Waals surface area contributed by atoms with Gasteiger partial charge in [0.2, 0.25) is 21.8 Å². The number of hydrogen-bond donors (Lipinski definition) is 1. The van der Waals surface area contributed by atoms with Crippen molar-refractivity contribution in [1.82, 2.24) is 10.2 Å². The number of nitrogens with one attached hydrogen (secondary N) is 1. The van der Waals surface area contributed by atoms with Crippen LogP contribution < -0.4 is 14.4 Å². The molecular weight excluding hydrogens is 442 g/mol. The average Bonchev–Trinajstić information content (AvgIpc) is 2.77. The largest absolute Gasteiger partial charge is 0.495 e. The van der Waals surface area contributed by atoms with Gasteiger partial charge in [-0.05, 0) is 50.5 Å². The second-order valence-electron chi connectivity index (χ2n) is 7.84. The van der Waals surface area contributed by atoms with Crippen LogP contribution in [0.25, 0.3) is 0 Å². The summed E-state index contributed by atoms with van der Waals surface area (Å²) in [7, 11) is -2.37. The number of carbonyl (C=O) groups excluding carboxylic acids is 2. The van der Waals surface area contributed by atoms with Crippen LogP contribution in [0.4, 0.5) is 5.69 Å². The number of hydrogen-bond acceptors (Lipinski definition) is 5. The van der Waals surface area contributed by atoms with E-state index in [-0.39, 0.29) is 18.1 Å². The Morgan fingerprint density at radius 1 is 1.12 bits per heavy atom. The van der Waals surface area contributed by atoms with Crippen LogP contribution in [0.15, 0.2) is 48.5 Å². The Morgan fingerprint density at radius 2 is 1.79 bits per heavy atom. The number of carbonyl (C=O) groups is 2. The van der Waals surface area contributed by atoms with Crippen LogP contribution in [-0.2, 0) is 26.0 Å². The maximum atomic E-state index is 13.4. The monoisotopic (exact) mass is 475 g/mol. The van der Waals surface area contributed by atoms with Crippen LogP contribution in [0.3, 0.4) is 0 Å². The number of amides is 2. The van der Waals surface area contributed by atoms with E-state index in [4.69, 9.17) is 4.74 Å². The van der Waals surface area contributed by atoms with Gasteiger partial charge >= 0.3 is 0 Å². The molecule has 0 aliphatic carbocycles. The molecule has 1 atom stereocenters. The first-order valence-corrected chi connectivity index (χ1v) is 12.7. The summed E-state index contributed by atoms with van der Waals surface area (Å²) in [4.78, 5) is 27.4. The predicted molar refractivity (Wildman–Crippen MR) is 130 cm³/mol. The Balaban J connectivity index is 2.37. The van der Waals surface area contributed by atoms with Crippen molar-refractivity contribution < 1.29 is 22.7 Å². The molecule has 0 aromatic heterocycles. The second-order valence-corrected chi connectivity index (χ2v) is 9.75. The molecule has 1 unspecified atom stereocenters. The molecule has 0 aliphatic heterocycles. The smallest absolute Gasteiger partial charge is 0.244 e. The van der Waals surface area contributed by atoms with E-state index in [1.54, 1.807) is 32.0 Å². The molecule has 0 aliphatic rings. The average molecular weight is 476 g/mol. The number of sulfonamides is 1. The number of ether oxygens (including phenoxy) is 1. The molecule has 0 bridgehead atoms. The highest BCUT2D eigenvalue weighted by Crippen LogP contribution is 2.31. The zero-order chi connectivity index (χ0) is 24.6. The van der Waals surface area contributed by atoms with Crippen molar-refractivity contribution in [3.8, 4) is 5.75 Å². The molecule has 2 rings (SSSR count). The van der Waals surface area contributed by atoms with E-state index in [9.17, 15) is 18.0 Å². The summed E-state index contributed by atoms with van der Waals surface area (Å²) in [6, 6.07) is 14.0. The number of likely N-dealkylation sites (N-methyl/N-ethyl adjacent to an activating group) is 1. The highest BCUT2D eigenvalue weighted by molar-refractivity contribution is 7.92. The highest BCUT2D eigenvalue weighted by Gasteiger charge is 2.30. The van der Waals surface area contributed by atoms with Gasteiger partial charge in [0.1, 0.15) is 18.3 Å². The summed E-state index contributed by atoms with van der Waals surface area (Å²) >= 11 is 0. The Bertz CT molecular complexity index is 1060. The third-order valence-electron chi connectivity index (χ3n) is 5.28. The van der Waals surface area contributed by atoms with Crippen LogP contribution in [0.2, 0.25) is 0 Å². The number of aryl methyl sites for hydroxylation is 1. The molecule has 0 fully saturated rings. The minimum absolute atomic E-state index is 0.268. The second kappa shape index (κ2) is 11.7. The Hall–Kier alpha value is -3.07. The molecule has 33 heavy (non-hydrogen) atoms. The normalized spacial score (nSPS) is 12.0. The van der Waals surface area contributed by atoms with E-state index in [2.05, 4.69) is 5.32 Å². The molecule has 0 saturated carbocycles. The lowest BCUT2D eigenvalue weighted by molar-refractivity contribution is -0.138. The van der Waals surface area contributed by atoms with Gasteiger partial charge in [-0.1, -0.05) is 36.4 Å².